The highest BCUT2D eigenvalue weighted by molar-refractivity contribution is 6.43. The predicted octanol–water partition coefficient (Wildman–Crippen LogP) is 2.52. The first kappa shape index (κ1) is 22.9. The summed E-state index contributed by atoms with van der Waals surface area (Å²) in [5, 5.41) is 4.16. The van der Waals surface area contributed by atoms with Crippen LogP contribution >= 0.6 is 0 Å². The molecule has 0 aliphatic rings. The Balaban J connectivity index is 2.33. The largest absolute Gasteiger partial charge is 0.396 e. The van der Waals surface area contributed by atoms with Gasteiger partial charge in [0.25, 0.3) is 24.0 Å². The number of anilines is 2. The topological polar surface area (TPSA) is 106 Å². The number of amides is 2. The zero-order valence-electron chi connectivity index (χ0n) is 16.4. The molecule has 30 heavy (non-hydrogen) atoms. The molecule has 1 aromatic carbocycles. The van der Waals surface area contributed by atoms with Crippen LogP contribution in [0.25, 0.3) is 0 Å². The summed E-state index contributed by atoms with van der Waals surface area (Å²) in [5.41, 5.74) is 5.78. The molecule has 1 atom stereocenters. The third-order valence-electron chi connectivity index (χ3n) is 4.62. The van der Waals surface area contributed by atoms with Gasteiger partial charge < -0.3 is 20.9 Å². The number of aromatic nitrogens is 1. The van der Waals surface area contributed by atoms with Gasteiger partial charge in [0, 0.05) is 18.4 Å². The minimum Gasteiger partial charge on any atom is -0.396 e. The van der Waals surface area contributed by atoms with Gasteiger partial charge in [-0.1, -0.05) is 0 Å². The SMILES string of the molecule is Cc1c(C(=O)Nc2ccc(F)c(N)c2)c(C)n(C)c1C(=O)C(=O)NC(CF)C(F)F. The van der Waals surface area contributed by atoms with Gasteiger partial charge in [-0.25, -0.2) is 17.6 Å². The van der Waals surface area contributed by atoms with Crippen LogP contribution in [0.3, 0.4) is 0 Å². The standard InChI is InChI=1S/C19H20F4N4O3/c1-8-14(18(29)25-10-4-5-11(21)12(24)6-10)9(2)27(3)15(8)16(28)19(30)26-13(7-20)17(22)23/h4-6,13,17H,7,24H2,1-3H3,(H,25,29)(H,26,30). The van der Waals surface area contributed by atoms with Crippen molar-refractivity contribution >= 4 is 29.0 Å². The van der Waals surface area contributed by atoms with E-state index in [1.165, 1.54) is 37.6 Å². The highest BCUT2D eigenvalue weighted by Crippen LogP contribution is 2.24. The molecular formula is C19H20F4N4O3. The lowest BCUT2D eigenvalue weighted by molar-refractivity contribution is -0.119. The molecule has 0 fully saturated rings. The molecular weight excluding hydrogens is 408 g/mol. The summed E-state index contributed by atoms with van der Waals surface area (Å²) in [7, 11) is 1.41. The van der Waals surface area contributed by atoms with Crippen molar-refractivity contribution < 1.29 is 31.9 Å². The molecule has 2 amide bonds. The van der Waals surface area contributed by atoms with Crippen molar-refractivity contribution in [3.63, 3.8) is 0 Å². The van der Waals surface area contributed by atoms with Crippen molar-refractivity contribution in [3.8, 4) is 0 Å². The molecule has 0 bridgehead atoms. The number of nitrogens with two attached hydrogens (primary N) is 1. The lowest BCUT2D eigenvalue weighted by Gasteiger charge is -2.14. The average Bonchev–Trinajstić information content (AvgIpc) is 2.90. The van der Waals surface area contributed by atoms with Crippen molar-refractivity contribution in [2.24, 2.45) is 7.05 Å². The quantitative estimate of drug-likeness (QED) is 0.273. The third-order valence-corrected chi connectivity index (χ3v) is 4.62. The molecule has 2 rings (SSSR count). The van der Waals surface area contributed by atoms with Crippen LogP contribution in [0.1, 0.15) is 32.1 Å². The molecule has 0 aliphatic heterocycles. The summed E-state index contributed by atoms with van der Waals surface area (Å²) < 4.78 is 52.5. The van der Waals surface area contributed by atoms with E-state index in [1.807, 2.05) is 0 Å². The number of alkyl halides is 3. The highest BCUT2D eigenvalue weighted by atomic mass is 19.3. The predicted molar refractivity (Wildman–Crippen MR) is 102 cm³/mol. The van der Waals surface area contributed by atoms with Gasteiger partial charge in [-0.15, -0.1) is 0 Å². The molecule has 0 spiro atoms. The van der Waals surface area contributed by atoms with Gasteiger partial charge in [-0.3, -0.25) is 14.4 Å². The zero-order valence-corrected chi connectivity index (χ0v) is 16.4. The van der Waals surface area contributed by atoms with Crippen molar-refractivity contribution in [1.29, 1.82) is 0 Å². The fourth-order valence-corrected chi connectivity index (χ4v) is 2.96. The Hall–Kier alpha value is -3.37. The van der Waals surface area contributed by atoms with Crippen LogP contribution in [0.15, 0.2) is 18.2 Å². The van der Waals surface area contributed by atoms with Gasteiger partial charge in [0.05, 0.1) is 16.9 Å². The van der Waals surface area contributed by atoms with Gasteiger partial charge >= 0.3 is 0 Å². The fraction of sp³-hybridized carbons (Fsp3) is 0.316. The second kappa shape index (κ2) is 8.97. The van der Waals surface area contributed by atoms with Crippen molar-refractivity contribution in [1.82, 2.24) is 9.88 Å². The molecule has 4 N–H and O–H groups in total. The lowest BCUT2D eigenvalue weighted by atomic mass is 10.1. The van der Waals surface area contributed by atoms with E-state index < -0.39 is 42.6 Å². The molecule has 162 valence electrons. The van der Waals surface area contributed by atoms with Crippen LogP contribution in [0.4, 0.5) is 28.9 Å². The number of carbonyl (C=O) groups excluding carboxylic acids is 3. The number of hydrogen-bond donors (Lipinski definition) is 3. The molecule has 0 saturated heterocycles. The number of nitrogen functional groups attached to an aromatic ring is 1. The molecule has 0 saturated carbocycles. The fourth-order valence-electron chi connectivity index (χ4n) is 2.96. The van der Waals surface area contributed by atoms with Gasteiger partial charge in [0.1, 0.15) is 18.5 Å². The minimum atomic E-state index is -3.19. The van der Waals surface area contributed by atoms with Crippen molar-refractivity contribution in [2.75, 3.05) is 17.7 Å². The Kier molecular flexibility index (Phi) is 6.85. The van der Waals surface area contributed by atoms with E-state index in [0.717, 1.165) is 6.07 Å². The van der Waals surface area contributed by atoms with Crippen LogP contribution in [0.5, 0.6) is 0 Å². The number of halogens is 4. The summed E-state index contributed by atoms with van der Waals surface area (Å²) in [6.45, 7) is 1.37. The number of Topliss-reactive ketones (excluding diaryl/α,β-unsaturated/α-hetero) is 1. The Labute approximate surface area is 169 Å². The number of hydrogen-bond acceptors (Lipinski definition) is 4. The van der Waals surface area contributed by atoms with Crippen LogP contribution in [-0.4, -0.2) is 41.3 Å². The summed E-state index contributed by atoms with van der Waals surface area (Å²) >= 11 is 0. The first-order valence-electron chi connectivity index (χ1n) is 8.71. The van der Waals surface area contributed by atoms with Crippen LogP contribution in [0, 0.1) is 19.7 Å². The van der Waals surface area contributed by atoms with E-state index in [4.69, 9.17) is 5.73 Å². The zero-order chi connectivity index (χ0) is 22.7. The minimum absolute atomic E-state index is 0.0625. The van der Waals surface area contributed by atoms with Crippen LogP contribution < -0.4 is 16.4 Å². The second-order valence-corrected chi connectivity index (χ2v) is 6.58. The molecule has 1 aromatic heterocycles. The number of carbonyl (C=O) groups is 3. The first-order valence-corrected chi connectivity index (χ1v) is 8.71. The Morgan fingerprint density at radius 1 is 1.20 bits per heavy atom. The smallest absolute Gasteiger partial charge is 0.294 e. The van der Waals surface area contributed by atoms with E-state index in [2.05, 4.69) is 5.32 Å². The molecule has 1 unspecified atom stereocenters. The summed E-state index contributed by atoms with van der Waals surface area (Å²) in [6.07, 6.45) is -3.19. The van der Waals surface area contributed by atoms with E-state index >= 15 is 0 Å². The molecule has 0 radical (unpaired) electrons. The first-order chi connectivity index (χ1) is 14.0. The van der Waals surface area contributed by atoms with Gasteiger partial charge in [0.15, 0.2) is 0 Å². The average molecular weight is 428 g/mol. The third kappa shape index (κ3) is 4.44. The number of rotatable bonds is 7. The monoisotopic (exact) mass is 428 g/mol. The summed E-state index contributed by atoms with van der Waals surface area (Å²) in [5.74, 6) is -3.92. The number of nitrogens with one attached hydrogen (secondary N) is 2. The summed E-state index contributed by atoms with van der Waals surface area (Å²) in [6, 6.07) is 1.45. The van der Waals surface area contributed by atoms with Crippen molar-refractivity contribution in [2.45, 2.75) is 26.3 Å². The highest BCUT2D eigenvalue weighted by Gasteiger charge is 2.31. The maximum Gasteiger partial charge on any atom is 0.294 e. The maximum absolute atomic E-state index is 13.3. The lowest BCUT2D eigenvalue weighted by Crippen LogP contribution is -2.45. The van der Waals surface area contributed by atoms with Gasteiger partial charge in [0.2, 0.25) is 0 Å². The van der Waals surface area contributed by atoms with E-state index in [0.29, 0.717) is 5.69 Å². The summed E-state index contributed by atoms with van der Waals surface area (Å²) in [4.78, 5) is 37.3. The second-order valence-electron chi connectivity index (χ2n) is 6.58. The Morgan fingerprint density at radius 2 is 1.83 bits per heavy atom. The van der Waals surface area contributed by atoms with Crippen LogP contribution in [-0.2, 0) is 11.8 Å². The van der Waals surface area contributed by atoms with E-state index in [9.17, 15) is 31.9 Å². The van der Waals surface area contributed by atoms with E-state index in [1.54, 1.807) is 5.32 Å². The van der Waals surface area contributed by atoms with Gasteiger partial charge in [-0.05, 0) is 37.6 Å². The maximum atomic E-state index is 13.3. The number of nitrogens with zero attached hydrogens (tertiary/aromatic N) is 1. The molecule has 0 aliphatic carbocycles. The molecule has 11 heteroatoms. The Morgan fingerprint density at radius 3 is 2.37 bits per heavy atom. The van der Waals surface area contributed by atoms with Crippen molar-refractivity contribution in [3.05, 3.63) is 46.5 Å². The normalized spacial score (nSPS) is 12.0. The van der Waals surface area contributed by atoms with Crippen LogP contribution in [0.2, 0.25) is 0 Å². The molecule has 7 nitrogen and oxygen atoms in total. The number of benzene rings is 1. The number of ketones is 1. The van der Waals surface area contributed by atoms with Gasteiger partial charge in [-0.2, -0.15) is 0 Å². The Bertz CT molecular complexity index is 1000. The van der Waals surface area contributed by atoms with E-state index in [-0.39, 0.29) is 28.2 Å². The molecule has 1 heterocycles. The molecule has 2 aromatic rings.